The largest absolute Gasteiger partial charge is 0.489 e. The molecule has 0 radical (unpaired) electrons. The van der Waals surface area contributed by atoms with Crippen LogP contribution in [0.25, 0.3) is 0 Å². The van der Waals surface area contributed by atoms with Crippen molar-refractivity contribution in [3.05, 3.63) is 125 Å². The van der Waals surface area contributed by atoms with E-state index in [9.17, 15) is 9.59 Å². The van der Waals surface area contributed by atoms with Crippen LogP contribution in [0.3, 0.4) is 0 Å². The van der Waals surface area contributed by atoms with Gasteiger partial charge in [0.05, 0.1) is 17.2 Å². The molecule has 1 unspecified atom stereocenters. The van der Waals surface area contributed by atoms with Crippen molar-refractivity contribution in [2.24, 2.45) is 0 Å². The van der Waals surface area contributed by atoms with Crippen LogP contribution in [0.5, 0.6) is 11.5 Å². The minimum Gasteiger partial charge on any atom is -0.489 e. The molecular weight excluding hydrogens is 430 g/mol. The van der Waals surface area contributed by atoms with Gasteiger partial charge in [-0.15, -0.1) is 0 Å². The average molecular weight is 453 g/mol. The van der Waals surface area contributed by atoms with Crippen LogP contribution in [0.1, 0.15) is 45.6 Å². The number of aromatic carboxylic acids is 1. The standard InChI is InChI=1S/C28H23NO5/c1-19(30)34-25-15-11-22(12-16-25)27(26-4-2-3-17-29-26)21-9-13-24(14-10-21)33-18-20-5-7-23(8-6-20)28(31)32/h2-17,27H,18H2,1H3,(H,31,32). The minimum absolute atomic E-state index is 0.106. The molecule has 4 aromatic rings. The third-order valence-electron chi connectivity index (χ3n) is 5.28. The summed E-state index contributed by atoms with van der Waals surface area (Å²) in [5.41, 5.74) is 4.08. The molecule has 0 saturated carbocycles. The Balaban J connectivity index is 1.53. The van der Waals surface area contributed by atoms with Gasteiger partial charge in [0.1, 0.15) is 18.1 Å². The van der Waals surface area contributed by atoms with Gasteiger partial charge >= 0.3 is 11.9 Å². The zero-order valence-corrected chi connectivity index (χ0v) is 18.5. The monoisotopic (exact) mass is 453 g/mol. The van der Waals surface area contributed by atoms with Crippen molar-refractivity contribution in [2.75, 3.05) is 0 Å². The van der Waals surface area contributed by atoms with Gasteiger partial charge in [0, 0.05) is 13.1 Å². The highest BCUT2D eigenvalue weighted by atomic mass is 16.5. The molecule has 170 valence electrons. The van der Waals surface area contributed by atoms with Crippen LogP contribution in [-0.2, 0) is 11.4 Å². The van der Waals surface area contributed by atoms with Crippen LogP contribution >= 0.6 is 0 Å². The number of ether oxygens (including phenoxy) is 2. The zero-order valence-electron chi connectivity index (χ0n) is 18.5. The van der Waals surface area contributed by atoms with E-state index in [1.54, 1.807) is 42.6 Å². The highest BCUT2D eigenvalue weighted by Crippen LogP contribution is 2.32. The average Bonchev–Trinajstić information content (AvgIpc) is 2.85. The van der Waals surface area contributed by atoms with Gasteiger partial charge in [-0.05, 0) is 65.2 Å². The van der Waals surface area contributed by atoms with Crippen LogP contribution in [0.15, 0.2) is 97.2 Å². The molecule has 4 rings (SSSR count). The summed E-state index contributed by atoms with van der Waals surface area (Å²) in [4.78, 5) is 26.8. The number of aromatic nitrogens is 1. The fourth-order valence-electron chi connectivity index (χ4n) is 3.64. The number of carbonyl (C=O) groups is 2. The van der Waals surface area contributed by atoms with E-state index in [-0.39, 0.29) is 17.5 Å². The summed E-state index contributed by atoms with van der Waals surface area (Å²) in [6.45, 7) is 1.71. The quantitative estimate of drug-likeness (QED) is 0.281. The Morgan fingerprint density at radius 2 is 1.44 bits per heavy atom. The molecule has 1 N–H and O–H groups in total. The molecule has 0 saturated heterocycles. The second kappa shape index (κ2) is 10.4. The van der Waals surface area contributed by atoms with Crippen LogP contribution in [-0.4, -0.2) is 22.0 Å². The lowest BCUT2D eigenvalue weighted by Crippen LogP contribution is -2.06. The maximum atomic E-state index is 11.2. The molecule has 1 aromatic heterocycles. The lowest BCUT2D eigenvalue weighted by atomic mass is 9.88. The van der Waals surface area contributed by atoms with Gasteiger partial charge in [0.2, 0.25) is 0 Å². The van der Waals surface area contributed by atoms with Gasteiger partial charge in [-0.3, -0.25) is 9.78 Å². The van der Waals surface area contributed by atoms with Crippen LogP contribution in [0.4, 0.5) is 0 Å². The molecule has 0 amide bonds. The first-order valence-electron chi connectivity index (χ1n) is 10.7. The molecule has 0 aliphatic rings. The zero-order chi connectivity index (χ0) is 23.9. The third kappa shape index (κ3) is 5.66. The normalized spacial score (nSPS) is 11.4. The number of carbonyl (C=O) groups excluding carboxylic acids is 1. The number of carboxylic acids is 1. The van der Waals surface area contributed by atoms with Gasteiger partial charge in [-0.1, -0.05) is 42.5 Å². The third-order valence-corrected chi connectivity index (χ3v) is 5.28. The maximum absolute atomic E-state index is 11.2. The molecule has 3 aromatic carbocycles. The molecule has 6 heteroatoms. The molecule has 6 nitrogen and oxygen atoms in total. The van der Waals surface area contributed by atoms with Crippen LogP contribution in [0.2, 0.25) is 0 Å². The van der Waals surface area contributed by atoms with E-state index in [0.29, 0.717) is 18.1 Å². The Hall–Kier alpha value is -4.45. The van der Waals surface area contributed by atoms with Crippen LogP contribution < -0.4 is 9.47 Å². The van der Waals surface area contributed by atoms with Crippen molar-refractivity contribution in [2.45, 2.75) is 19.4 Å². The van der Waals surface area contributed by atoms with Crippen molar-refractivity contribution in [1.29, 1.82) is 0 Å². The molecule has 1 atom stereocenters. The van der Waals surface area contributed by atoms with Gasteiger partial charge in [-0.25, -0.2) is 4.79 Å². The molecule has 0 aliphatic heterocycles. The van der Waals surface area contributed by atoms with Gasteiger partial charge in [-0.2, -0.15) is 0 Å². The molecule has 0 aliphatic carbocycles. The number of rotatable bonds is 8. The first-order valence-corrected chi connectivity index (χ1v) is 10.7. The molecule has 0 spiro atoms. The maximum Gasteiger partial charge on any atom is 0.335 e. The minimum atomic E-state index is -0.952. The lowest BCUT2D eigenvalue weighted by Gasteiger charge is -2.18. The topological polar surface area (TPSA) is 85.7 Å². The molecule has 34 heavy (non-hydrogen) atoms. The number of nitrogens with zero attached hydrogens (tertiary/aromatic N) is 1. The van der Waals surface area contributed by atoms with Crippen molar-refractivity contribution in [3.8, 4) is 11.5 Å². The molecule has 1 heterocycles. The summed E-state index contributed by atoms with van der Waals surface area (Å²) in [5, 5.41) is 9.01. The molecule has 0 bridgehead atoms. The smallest absolute Gasteiger partial charge is 0.335 e. The van der Waals surface area contributed by atoms with Gasteiger partial charge in [0.15, 0.2) is 0 Å². The van der Waals surface area contributed by atoms with E-state index >= 15 is 0 Å². The Kier molecular flexibility index (Phi) is 6.98. The van der Waals surface area contributed by atoms with Crippen molar-refractivity contribution >= 4 is 11.9 Å². The molecule has 0 fully saturated rings. The molecular formula is C28H23NO5. The summed E-state index contributed by atoms with van der Waals surface area (Å²) < 4.78 is 11.0. The first-order chi connectivity index (χ1) is 16.5. The summed E-state index contributed by atoms with van der Waals surface area (Å²) in [6.07, 6.45) is 1.77. The number of carboxylic acid groups (broad SMARTS) is 1. The summed E-state index contributed by atoms with van der Waals surface area (Å²) >= 11 is 0. The fraction of sp³-hybridized carbons (Fsp3) is 0.107. The van der Waals surface area contributed by atoms with Crippen LogP contribution in [0, 0.1) is 0 Å². The first kappa shape index (κ1) is 22.7. The van der Waals surface area contributed by atoms with Gasteiger partial charge in [0.25, 0.3) is 0 Å². The van der Waals surface area contributed by atoms with E-state index in [4.69, 9.17) is 14.6 Å². The van der Waals surface area contributed by atoms with E-state index in [0.717, 1.165) is 22.4 Å². The van der Waals surface area contributed by atoms with E-state index in [2.05, 4.69) is 4.98 Å². The Bertz CT molecular complexity index is 1250. The highest BCUT2D eigenvalue weighted by Gasteiger charge is 2.18. The second-order valence-electron chi connectivity index (χ2n) is 7.71. The SMILES string of the molecule is CC(=O)Oc1ccc(C(c2ccc(OCc3ccc(C(=O)O)cc3)cc2)c2ccccn2)cc1. The summed E-state index contributed by atoms with van der Waals surface area (Å²) in [5.74, 6) is -0.216. The number of hydrogen-bond donors (Lipinski definition) is 1. The fourth-order valence-corrected chi connectivity index (χ4v) is 3.64. The Labute approximate surface area is 197 Å². The van der Waals surface area contributed by atoms with E-state index < -0.39 is 5.97 Å². The predicted molar refractivity (Wildman–Crippen MR) is 127 cm³/mol. The lowest BCUT2D eigenvalue weighted by molar-refractivity contribution is -0.131. The summed E-state index contributed by atoms with van der Waals surface area (Å²) in [6, 6.07) is 27.7. The van der Waals surface area contributed by atoms with Gasteiger partial charge < -0.3 is 14.6 Å². The number of benzene rings is 3. The predicted octanol–water partition coefficient (Wildman–Crippen LogP) is 5.46. The van der Waals surface area contributed by atoms with Crippen molar-refractivity contribution in [3.63, 3.8) is 0 Å². The second-order valence-corrected chi connectivity index (χ2v) is 7.71. The Morgan fingerprint density at radius 1 is 0.824 bits per heavy atom. The Morgan fingerprint density at radius 3 is 1.97 bits per heavy atom. The highest BCUT2D eigenvalue weighted by molar-refractivity contribution is 5.87. The summed E-state index contributed by atoms with van der Waals surface area (Å²) in [7, 11) is 0. The number of hydrogen-bond acceptors (Lipinski definition) is 5. The van der Waals surface area contributed by atoms with E-state index in [1.165, 1.54) is 6.92 Å². The van der Waals surface area contributed by atoms with Crippen molar-refractivity contribution in [1.82, 2.24) is 4.98 Å². The number of esters is 1. The number of pyridine rings is 1. The van der Waals surface area contributed by atoms with E-state index in [1.807, 2.05) is 54.6 Å². The van der Waals surface area contributed by atoms with Crippen molar-refractivity contribution < 1.29 is 24.2 Å².